The van der Waals surface area contributed by atoms with E-state index in [-0.39, 0.29) is 16.3 Å². The number of aromatic nitrogens is 6. The predicted molar refractivity (Wildman–Crippen MR) is 89.4 cm³/mol. The molecule has 120 valence electrons. The van der Waals surface area contributed by atoms with Crippen molar-refractivity contribution in [3.8, 4) is 0 Å². The molecule has 1 unspecified atom stereocenters. The number of aromatic amines is 1. The van der Waals surface area contributed by atoms with E-state index >= 15 is 0 Å². The van der Waals surface area contributed by atoms with Gasteiger partial charge in [-0.15, -0.1) is 5.10 Å². The summed E-state index contributed by atoms with van der Waals surface area (Å²) in [5.41, 5.74) is 0.345. The summed E-state index contributed by atoms with van der Waals surface area (Å²) in [4.78, 5) is 19.6. The minimum atomic E-state index is -0.213. The van der Waals surface area contributed by atoms with Gasteiger partial charge in [0, 0.05) is 0 Å². The molecule has 0 spiro atoms. The van der Waals surface area contributed by atoms with Crippen molar-refractivity contribution >= 4 is 22.7 Å². The van der Waals surface area contributed by atoms with Crippen LogP contribution in [0.25, 0.3) is 10.9 Å². The molecule has 0 bridgehead atoms. The maximum absolute atomic E-state index is 12.2. The second-order valence-electron chi connectivity index (χ2n) is 6.27. The molecule has 0 saturated heterocycles. The fourth-order valence-corrected chi connectivity index (χ4v) is 3.22. The Morgan fingerprint density at radius 1 is 1.26 bits per heavy atom. The number of fused-ring (bicyclic) bond motifs is 1. The molecule has 0 aliphatic rings. The van der Waals surface area contributed by atoms with Gasteiger partial charge < -0.3 is 4.98 Å². The molecule has 7 nitrogen and oxygen atoms in total. The maximum Gasteiger partial charge on any atom is 0.258 e. The monoisotopic (exact) mass is 330 g/mol. The van der Waals surface area contributed by atoms with Gasteiger partial charge in [0.2, 0.25) is 5.16 Å². The Hall–Kier alpha value is -2.22. The van der Waals surface area contributed by atoms with Crippen LogP contribution in [0.3, 0.4) is 0 Å². The fourth-order valence-electron chi connectivity index (χ4n) is 2.18. The van der Waals surface area contributed by atoms with Crippen molar-refractivity contribution in [1.29, 1.82) is 0 Å². The van der Waals surface area contributed by atoms with Crippen molar-refractivity contribution in [1.82, 2.24) is 30.2 Å². The third-order valence-electron chi connectivity index (χ3n) is 3.37. The maximum atomic E-state index is 12.2. The Bertz CT molecular complexity index is 895. The molecule has 1 atom stereocenters. The van der Waals surface area contributed by atoms with E-state index in [0.29, 0.717) is 21.9 Å². The summed E-state index contributed by atoms with van der Waals surface area (Å²) in [7, 11) is 0. The largest absolute Gasteiger partial charge is 0.309 e. The third kappa shape index (κ3) is 3.12. The Kier molecular flexibility index (Phi) is 3.93. The van der Waals surface area contributed by atoms with Crippen LogP contribution in [-0.2, 0) is 5.54 Å². The second-order valence-corrected chi connectivity index (χ2v) is 7.58. The van der Waals surface area contributed by atoms with Gasteiger partial charge in [0.25, 0.3) is 5.56 Å². The zero-order chi connectivity index (χ0) is 16.6. The summed E-state index contributed by atoms with van der Waals surface area (Å²) in [5, 5.41) is 13.1. The van der Waals surface area contributed by atoms with Crippen LogP contribution < -0.4 is 5.56 Å². The number of hydrogen-bond donors (Lipinski definition) is 1. The molecule has 0 radical (unpaired) electrons. The highest BCUT2D eigenvalue weighted by Gasteiger charge is 2.23. The first-order chi connectivity index (χ1) is 10.9. The van der Waals surface area contributed by atoms with Crippen LogP contribution in [0.4, 0.5) is 0 Å². The van der Waals surface area contributed by atoms with E-state index in [1.807, 2.05) is 45.9 Å². The Morgan fingerprint density at radius 2 is 2.00 bits per heavy atom. The molecule has 0 saturated carbocycles. The van der Waals surface area contributed by atoms with Crippen molar-refractivity contribution in [3.63, 3.8) is 0 Å². The van der Waals surface area contributed by atoms with E-state index in [1.165, 1.54) is 11.8 Å². The Morgan fingerprint density at radius 3 is 2.74 bits per heavy atom. The van der Waals surface area contributed by atoms with Gasteiger partial charge in [0.1, 0.15) is 5.82 Å². The Balaban J connectivity index is 1.94. The Labute approximate surface area is 137 Å². The lowest BCUT2D eigenvalue weighted by Crippen LogP contribution is -2.24. The van der Waals surface area contributed by atoms with E-state index in [9.17, 15) is 4.79 Å². The van der Waals surface area contributed by atoms with Crippen LogP contribution in [0, 0.1) is 0 Å². The van der Waals surface area contributed by atoms with Crippen LogP contribution in [0.5, 0.6) is 0 Å². The molecule has 0 aliphatic heterocycles. The first kappa shape index (κ1) is 15.7. The molecule has 2 heterocycles. The van der Waals surface area contributed by atoms with Crippen LogP contribution in [0.15, 0.2) is 34.2 Å². The van der Waals surface area contributed by atoms with Crippen LogP contribution >= 0.6 is 11.8 Å². The van der Waals surface area contributed by atoms with Gasteiger partial charge in [0.15, 0.2) is 0 Å². The molecule has 0 amide bonds. The van der Waals surface area contributed by atoms with Gasteiger partial charge in [-0.2, -0.15) is 0 Å². The normalized spacial score (nSPS) is 13.4. The molecule has 1 N–H and O–H groups in total. The number of H-pyrrole nitrogens is 1. The van der Waals surface area contributed by atoms with E-state index in [2.05, 4.69) is 25.5 Å². The van der Waals surface area contributed by atoms with E-state index < -0.39 is 0 Å². The summed E-state index contributed by atoms with van der Waals surface area (Å²) in [6.07, 6.45) is 0. The highest BCUT2D eigenvalue weighted by Crippen LogP contribution is 2.33. The smallest absolute Gasteiger partial charge is 0.258 e. The molecular formula is C15H18N6OS. The van der Waals surface area contributed by atoms with E-state index in [1.54, 1.807) is 10.7 Å². The highest BCUT2D eigenvalue weighted by molar-refractivity contribution is 7.99. The van der Waals surface area contributed by atoms with E-state index in [4.69, 9.17) is 0 Å². The SMILES string of the molecule is CC(Sc1nnnn1C(C)(C)C)c1nc2ccccc2c(=O)[nH]1. The number of nitrogens with zero attached hydrogens (tertiary/aromatic N) is 5. The van der Waals surface area contributed by atoms with Crippen LogP contribution in [0.2, 0.25) is 0 Å². The van der Waals surface area contributed by atoms with Crippen molar-refractivity contribution in [2.75, 3.05) is 0 Å². The lowest BCUT2D eigenvalue weighted by atomic mass is 10.1. The standard InChI is InChI=1S/C15H18N6OS/c1-9(23-14-18-19-20-21(14)15(2,3)4)12-16-11-8-6-5-7-10(11)13(22)17-12/h5-9H,1-4H3,(H,16,17,22). The molecule has 0 aliphatic carbocycles. The number of para-hydroxylation sites is 1. The summed E-state index contributed by atoms with van der Waals surface area (Å²) in [6, 6.07) is 7.30. The predicted octanol–water partition coefficient (Wildman–Crippen LogP) is 2.52. The second kappa shape index (κ2) is 5.77. The molecular weight excluding hydrogens is 312 g/mol. The number of benzene rings is 1. The summed E-state index contributed by atoms with van der Waals surface area (Å²) in [6.45, 7) is 8.08. The van der Waals surface area contributed by atoms with Crippen molar-refractivity contribution in [2.45, 2.75) is 43.6 Å². The number of rotatable bonds is 3. The van der Waals surface area contributed by atoms with Crippen molar-refractivity contribution < 1.29 is 0 Å². The quantitative estimate of drug-likeness (QED) is 0.742. The molecule has 3 rings (SSSR count). The number of thioether (sulfide) groups is 1. The van der Waals surface area contributed by atoms with Gasteiger partial charge in [-0.3, -0.25) is 4.79 Å². The molecule has 0 fully saturated rings. The first-order valence-electron chi connectivity index (χ1n) is 7.31. The third-order valence-corrected chi connectivity index (χ3v) is 4.42. The average molecular weight is 330 g/mol. The van der Waals surface area contributed by atoms with Crippen molar-refractivity contribution in [3.05, 3.63) is 40.4 Å². The summed E-state index contributed by atoms with van der Waals surface area (Å²) < 4.78 is 1.77. The first-order valence-corrected chi connectivity index (χ1v) is 8.19. The zero-order valence-electron chi connectivity index (χ0n) is 13.4. The minimum Gasteiger partial charge on any atom is -0.309 e. The fraction of sp³-hybridized carbons (Fsp3) is 0.400. The lowest BCUT2D eigenvalue weighted by Gasteiger charge is -2.20. The van der Waals surface area contributed by atoms with Gasteiger partial charge in [-0.1, -0.05) is 23.9 Å². The molecule has 23 heavy (non-hydrogen) atoms. The average Bonchev–Trinajstić information content (AvgIpc) is 2.95. The molecule has 2 aromatic heterocycles. The van der Waals surface area contributed by atoms with Gasteiger partial charge >= 0.3 is 0 Å². The van der Waals surface area contributed by atoms with Gasteiger partial charge in [0.05, 0.1) is 21.7 Å². The summed E-state index contributed by atoms with van der Waals surface area (Å²) in [5.74, 6) is 0.613. The highest BCUT2D eigenvalue weighted by atomic mass is 32.2. The zero-order valence-corrected chi connectivity index (χ0v) is 14.3. The van der Waals surface area contributed by atoms with E-state index in [0.717, 1.165) is 0 Å². The van der Waals surface area contributed by atoms with Crippen LogP contribution in [0.1, 0.15) is 38.8 Å². The molecule has 3 aromatic rings. The van der Waals surface area contributed by atoms with Crippen LogP contribution in [-0.4, -0.2) is 30.2 Å². The van der Waals surface area contributed by atoms with Gasteiger partial charge in [-0.05, 0) is 50.3 Å². The number of hydrogen-bond acceptors (Lipinski definition) is 6. The molecule has 8 heteroatoms. The number of nitrogens with one attached hydrogen (secondary N) is 1. The molecule has 1 aromatic carbocycles. The minimum absolute atomic E-state index is 0.0839. The topological polar surface area (TPSA) is 89.3 Å². The van der Waals surface area contributed by atoms with Gasteiger partial charge in [-0.25, -0.2) is 9.67 Å². The van der Waals surface area contributed by atoms with Crippen molar-refractivity contribution in [2.24, 2.45) is 0 Å². The number of tetrazole rings is 1. The lowest BCUT2D eigenvalue weighted by molar-refractivity contribution is 0.321. The summed E-state index contributed by atoms with van der Waals surface area (Å²) >= 11 is 1.47.